The summed E-state index contributed by atoms with van der Waals surface area (Å²) in [5.41, 5.74) is 2.15. The first-order valence-corrected chi connectivity index (χ1v) is 14.1. The van der Waals surface area contributed by atoms with Gasteiger partial charge in [-0.3, -0.25) is 9.59 Å². The van der Waals surface area contributed by atoms with Crippen molar-refractivity contribution in [3.8, 4) is 0 Å². The molecule has 1 saturated heterocycles. The molecule has 0 unspecified atom stereocenters. The van der Waals surface area contributed by atoms with Crippen LogP contribution in [0.1, 0.15) is 38.7 Å². The fraction of sp³-hybridized carbons (Fsp3) is 0.440. The second kappa shape index (κ2) is 10.4. The van der Waals surface area contributed by atoms with E-state index in [0.717, 1.165) is 5.56 Å². The molecule has 2 aromatic carbocycles. The number of carbonyl (C=O) groups excluding carboxylic acids is 2. The lowest BCUT2D eigenvalue weighted by Crippen LogP contribution is -2.47. The average Bonchev–Trinajstić information content (AvgIpc) is 3.27. The van der Waals surface area contributed by atoms with E-state index in [4.69, 9.17) is 0 Å². The topological polar surface area (TPSA) is 78.0 Å². The van der Waals surface area contributed by atoms with E-state index < -0.39 is 15.9 Å². The van der Waals surface area contributed by atoms with Crippen LogP contribution in [-0.4, -0.2) is 50.7 Å². The van der Waals surface area contributed by atoms with Crippen molar-refractivity contribution in [2.24, 2.45) is 5.92 Å². The molecule has 0 aliphatic carbocycles. The lowest BCUT2D eigenvalue weighted by molar-refractivity contribution is -0.123. The van der Waals surface area contributed by atoms with Gasteiger partial charge in [-0.05, 0) is 84.1 Å². The van der Waals surface area contributed by atoms with Crippen LogP contribution in [0.5, 0.6) is 0 Å². The second-order valence-electron chi connectivity index (χ2n) is 8.82. The first-order chi connectivity index (χ1) is 16.7. The third kappa shape index (κ3) is 5.01. The van der Waals surface area contributed by atoms with Gasteiger partial charge in [0.25, 0.3) is 0 Å². The van der Waals surface area contributed by atoms with Gasteiger partial charge in [0.1, 0.15) is 5.82 Å². The lowest BCUT2D eigenvalue weighted by Gasteiger charge is -2.34. The predicted molar refractivity (Wildman–Crippen MR) is 136 cm³/mol. The van der Waals surface area contributed by atoms with Crippen molar-refractivity contribution >= 4 is 49.1 Å². The van der Waals surface area contributed by atoms with E-state index in [1.165, 1.54) is 16.4 Å². The number of carbonyl (C=O) groups is 2. The molecule has 2 aliphatic heterocycles. The third-order valence-corrected chi connectivity index (χ3v) is 9.53. The fourth-order valence-corrected chi connectivity index (χ4v) is 7.44. The molecule has 0 saturated carbocycles. The Balaban J connectivity index is 1.59. The predicted octanol–water partition coefficient (Wildman–Crippen LogP) is 4.34. The molecule has 0 spiro atoms. The van der Waals surface area contributed by atoms with Crippen molar-refractivity contribution in [1.82, 2.24) is 4.31 Å². The maximum absolute atomic E-state index is 13.7. The molecule has 188 valence electrons. The van der Waals surface area contributed by atoms with Crippen molar-refractivity contribution in [1.29, 1.82) is 0 Å². The highest BCUT2D eigenvalue weighted by atomic mass is 79.9. The van der Waals surface area contributed by atoms with E-state index in [9.17, 15) is 22.4 Å². The summed E-state index contributed by atoms with van der Waals surface area (Å²) in [6, 6.07) is 9.09. The Morgan fingerprint density at radius 1 is 1.14 bits per heavy atom. The third-order valence-electron chi connectivity index (χ3n) is 6.70. The molecule has 2 aromatic rings. The largest absolute Gasteiger partial charge is 0.312 e. The number of benzene rings is 2. The Hall–Kier alpha value is -2.30. The standard InChI is InChI=1S/C25H29BrFN3O4S/c1-3-24(31)30-13-11-17-14-21(26)23(15-22(17)30)35(33,34)28-12-5-6-18(16-28)25(32)29(4-2)20-9-7-19(27)8-10-20/h7-10,14-15,18H,3-6,11-13,16H2,1-2H3/t18-/m0/s1. The Labute approximate surface area is 214 Å². The Kier molecular flexibility index (Phi) is 7.63. The van der Waals surface area contributed by atoms with Gasteiger partial charge in [0.2, 0.25) is 21.8 Å². The summed E-state index contributed by atoms with van der Waals surface area (Å²) in [6.45, 7) is 4.94. The van der Waals surface area contributed by atoms with Crippen LogP contribution < -0.4 is 9.80 Å². The van der Waals surface area contributed by atoms with E-state index in [-0.39, 0.29) is 29.1 Å². The van der Waals surface area contributed by atoms with Crippen LogP contribution in [0.2, 0.25) is 0 Å². The maximum atomic E-state index is 13.7. The van der Waals surface area contributed by atoms with Crippen LogP contribution in [0.25, 0.3) is 0 Å². The van der Waals surface area contributed by atoms with Gasteiger partial charge < -0.3 is 9.80 Å². The van der Waals surface area contributed by atoms with Crippen LogP contribution in [0.15, 0.2) is 45.8 Å². The van der Waals surface area contributed by atoms with Crippen LogP contribution in [-0.2, 0) is 26.0 Å². The number of hydrogen-bond acceptors (Lipinski definition) is 4. The molecule has 1 fully saturated rings. The molecular formula is C25H29BrFN3O4S. The van der Waals surface area contributed by atoms with E-state index in [2.05, 4.69) is 15.9 Å². The summed E-state index contributed by atoms with van der Waals surface area (Å²) in [5, 5.41) is 0. The number of nitrogens with zero attached hydrogens (tertiary/aromatic N) is 3. The SMILES string of the molecule is CCC(=O)N1CCc2cc(Br)c(S(=O)(=O)N3CCC[C@H](C(=O)N(CC)c4ccc(F)cc4)C3)cc21. The summed E-state index contributed by atoms with van der Waals surface area (Å²) in [5.74, 6) is -1.11. The fourth-order valence-electron chi connectivity index (χ4n) is 4.84. The normalized spacial score (nSPS) is 18.4. The number of hydrogen-bond donors (Lipinski definition) is 0. The summed E-state index contributed by atoms with van der Waals surface area (Å²) in [7, 11) is -3.91. The van der Waals surface area contributed by atoms with Gasteiger partial charge in [0.15, 0.2) is 0 Å². The Morgan fingerprint density at radius 3 is 2.51 bits per heavy atom. The molecule has 1 atom stereocenters. The number of piperidine rings is 1. The highest BCUT2D eigenvalue weighted by Crippen LogP contribution is 2.38. The van der Waals surface area contributed by atoms with Crippen molar-refractivity contribution in [3.63, 3.8) is 0 Å². The molecule has 2 aliphatic rings. The van der Waals surface area contributed by atoms with Gasteiger partial charge in [0.05, 0.1) is 10.8 Å². The van der Waals surface area contributed by atoms with Crippen LogP contribution in [0, 0.1) is 11.7 Å². The molecule has 10 heteroatoms. The maximum Gasteiger partial charge on any atom is 0.244 e. The molecule has 0 N–H and O–H groups in total. The molecule has 2 amide bonds. The first kappa shape index (κ1) is 25.8. The quantitative estimate of drug-likeness (QED) is 0.522. The van der Waals surface area contributed by atoms with Gasteiger partial charge in [-0.25, -0.2) is 12.8 Å². The summed E-state index contributed by atoms with van der Waals surface area (Å²) >= 11 is 3.43. The number of anilines is 2. The van der Waals surface area contributed by atoms with Crippen LogP contribution in [0.3, 0.4) is 0 Å². The zero-order chi connectivity index (χ0) is 25.3. The van der Waals surface area contributed by atoms with Gasteiger partial charge >= 0.3 is 0 Å². The highest BCUT2D eigenvalue weighted by molar-refractivity contribution is 9.10. The number of halogens is 2. The molecule has 4 rings (SSSR count). The van der Waals surface area contributed by atoms with Gasteiger partial charge in [0, 0.05) is 48.4 Å². The smallest absolute Gasteiger partial charge is 0.244 e. The Morgan fingerprint density at radius 2 is 1.86 bits per heavy atom. The van der Waals surface area contributed by atoms with Gasteiger partial charge in [-0.2, -0.15) is 4.31 Å². The average molecular weight is 566 g/mol. The van der Waals surface area contributed by atoms with E-state index in [0.29, 0.717) is 61.2 Å². The summed E-state index contributed by atoms with van der Waals surface area (Å²) in [4.78, 5) is 29.0. The zero-order valence-corrected chi connectivity index (χ0v) is 22.2. The lowest BCUT2D eigenvalue weighted by atomic mass is 9.97. The van der Waals surface area contributed by atoms with Crippen molar-refractivity contribution < 1.29 is 22.4 Å². The molecule has 0 aromatic heterocycles. The Bertz CT molecular complexity index is 1240. The van der Waals surface area contributed by atoms with Gasteiger partial charge in [-0.15, -0.1) is 0 Å². The summed E-state index contributed by atoms with van der Waals surface area (Å²) < 4.78 is 42.6. The van der Waals surface area contributed by atoms with Crippen molar-refractivity contribution in [2.75, 3.05) is 36.0 Å². The minimum absolute atomic E-state index is 0.0431. The molecule has 7 nitrogen and oxygen atoms in total. The second-order valence-corrected chi connectivity index (χ2v) is 11.6. The minimum atomic E-state index is -3.91. The highest BCUT2D eigenvalue weighted by Gasteiger charge is 2.37. The van der Waals surface area contributed by atoms with E-state index >= 15 is 0 Å². The zero-order valence-electron chi connectivity index (χ0n) is 19.8. The number of sulfonamides is 1. The van der Waals surface area contributed by atoms with Gasteiger partial charge in [-0.1, -0.05) is 6.92 Å². The van der Waals surface area contributed by atoms with Crippen LogP contribution in [0.4, 0.5) is 15.8 Å². The van der Waals surface area contributed by atoms with Crippen LogP contribution >= 0.6 is 15.9 Å². The molecule has 2 heterocycles. The van der Waals surface area contributed by atoms with Crippen molar-refractivity contribution in [3.05, 3.63) is 52.3 Å². The van der Waals surface area contributed by atoms with E-state index in [1.807, 2.05) is 6.92 Å². The molecule has 0 bridgehead atoms. The molecule has 0 radical (unpaired) electrons. The minimum Gasteiger partial charge on any atom is -0.312 e. The number of fused-ring (bicyclic) bond motifs is 1. The molecule has 35 heavy (non-hydrogen) atoms. The first-order valence-electron chi connectivity index (χ1n) is 11.9. The number of rotatable bonds is 6. The molecular weight excluding hydrogens is 537 g/mol. The van der Waals surface area contributed by atoms with Crippen molar-refractivity contribution in [2.45, 2.75) is 44.4 Å². The summed E-state index contributed by atoms with van der Waals surface area (Å²) in [6.07, 6.45) is 2.15. The monoisotopic (exact) mass is 565 g/mol. The number of amides is 2. The van der Waals surface area contributed by atoms with E-state index in [1.54, 1.807) is 41.0 Å².